The topological polar surface area (TPSA) is 182 Å². The van der Waals surface area contributed by atoms with Gasteiger partial charge in [-0.15, -0.1) is 9.05 Å². The van der Waals surface area contributed by atoms with E-state index in [1.807, 2.05) is 0 Å². The molecule has 0 saturated carbocycles. The molecule has 12 heteroatoms. The Kier molecular flexibility index (Phi) is 20.0. The molecule has 12 heavy (non-hydrogen) atoms. The molecule has 0 aliphatic heterocycles. The van der Waals surface area contributed by atoms with Crippen molar-refractivity contribution in [3.8, 4) is 0 Å². The van der Waals surface area contributed by atoms with Crippen molar-refractivity contribution in [3.63, 3.8) is 0 Å². The fraction of sp³-hybridized carbons (Fsp3) is 0. The van der Waals surface area contributed by atoms with E-state index in [0.29, 0.717) is 0 Å². The van der Waals surface area contributed by atoms with E-state index in [4.69, 9.17) is 38.4 Å². The summed E-state index contributed by atoms with van der Waals surface area (Å²) in [4.78, 5) is 67.4. The first-order valence-electron chi connectivity index (χ1n) is 1.65. The van der Waals surface area contributed by atoms with Crippen LogP contribution in [0.2, 0.25) is 0 Å². The van der Waals surface area contributed by atoms with Gasteiger partial charge in [0.05, 0.1) is 0 Å². The van der Waals surface area contributed by atoms with Gasteiger partial charge < -0.3 is 47.4 Å². The van der Waals surface area contributed by atoms with Crippen LogP contribution < -0.4 is 33.6 Å². The maximum absolute atomic E-state index is 8.69. The number of hydrogen-bond acceptors (Lipinski definition) is 8. The Bertz CT molecular complexity index is 60.0. The van der Waals surface area contributed by atoms with Crippen molar-refractivity contribution in [2.24, 2.45) is 0 Å². The van der Waals surface area contributed by atoms with E-state index in [0.717, 1.165) is 0 Å². The van der Waals surface area contributed by atoms with Gasteiger partial charge in [0.1, 0.15) is 0 Å². The molecule has 0 atom stereocenters. The predicted molar refractivity (Wildman–Crippen MR) is 13.7 cm³/mol. The molecular formula is HHfO8Si2Yb. The molecule has 0 aromatic rings. The second-order valence-corrected chi connectivity index (χ2v) is 3.07. The minimum atomic E-state index is -5.61. The predicted octanol–water partition coefficient (Wildman–Crippen LogP) is -9.64. The summed E-state index contributed by atoms with van der Waals surface area (Å²) >= 11 is 0. The molecule has 0 aliphatic carbocycles. The zero-order valence-electron chi connectivity index (χ0n) is 5.07. The monoisotopic (exact) mass is 539 g/mol. The number of hydrogen-bond donors (Lipinski definition) is 1. The Morgan fingerprint density at radius 3 is 0.750 bits per heavy atom. The Balaban J connectivity index is -0.0000000457. The number of rotatable bonds is 0. The van der Waals surface area contributed by atoms with Gasteiger partial charge in [0.25, 0.3) is 0 Å². The average Bonchev–Trinajstić information content (AvgIpc) is 1.12. The standard InChI is InChI=1S/Hf.HO4Si.O4Si.Yb/c;2*1-5(2,3)4;/h;1H;;/q+4;-3;-4;+3. The molecule has 0 unspecified atom stereocenters. The molecule has 0 aliphatic rings. The fourth-order valence-electron chi connectivity index (χ4n) is 0. The van der Waals surface area contributed by atoms with E-state index < -0.39 is 18.1 Å². The first kappa shape index (κ1) is 24.0. The Morgan fingerprint density at radius 2 is 0.750 bits per heavy atom. The molecule has 0 amide bonds. The van der Waals surface area contributed by atoms with Crippen molar-refractivity contribution in [1.82, 2.24) is 0 Å². The summed E-state index contributed by atoms with van der Waals surface area (Å²) < 4.78 is 0. The van der Waals surface area contributed by atoms with E-state index >= 15 is 0 Å². The van der Waals surface area contributed by atoms with Crippen molar-refractivity contribution in [3.05, 3.63) is 0 Å². The average molecular weight is 537 g/mol. The summed E-state index contributed by atoms with van der Waals surface area (Å²) in [6.07, 6.45) is 0. The molecule has 0 fully saturated rings. The van der Waals surface area contributed by atoms with E-state index in [9.17, 15) is 0 Å². The summed E-state index contributed by atoms with van der Waals surface area (Å²) in [5, 5.41) is 0. The van der Waals surface area contributed by atoms with Crippen molar-refractivity contribution < 1.29 is 111 Å². The molecule has 0 rings (SSSR count). The Morgan fingerprint density at radius 1 is 0.750 bits per heavy atom. The van der Waals surface area contributed by atoms with Crippen LogP contribution in [0.3, 0.4) is 0 Å². The largest absolute Gasteiger partial charge is 4.00 e. The van der Waals surface area contributed by atoms with Crippen molar-refractivity contribution in [2.75, 3.05) is 0 Å². The zero-order chi connectivity index (χ0) is 9.00. The van der Waals surface area contributed by atoms with Crippen molar-refractivity contribution in [2.45, 2.75) is 0 Å². The molecule has 1 N–H and O–H groups in total. The molecule has 0 aromatic carbocycles. The SMILES string of the molecule is [Hf+4].[O-][Si]([O-])([O-])O.[O-][Si]([O-])([O-])[O-].[Yb+3]. The summed E-state index contributed by atoms with van der Waals surface area (Å²) in [6.45, 7) is 0. The quantitative estimate of drug-likeness (QED) is 0.296. The van der Waals surface area contributed by atoms with Gasteiger partial charge in [-0.3, -0.25) is 0 Å². The van der Waals surface area contributed by atoms with Crippen LogP contribution in [0.4, 0.5) is 0 Å². The van der Waals surface area contributed by atoms with Crippen LogP contribution in [0.25, 0.3) is 0 Å². The van der Waals surface area contributed by atoms with Gasteiger partial charge >= 0.3 is 72.8 Å². The van der Waals surface area contributed by atoms with Gasteiger partial charge in [-0.25, -0.2) is 0 Å². The molecule has 0 spiro atoms. The molecule has 1 radical (unpaired) electrons. The summed E-state index contributed by atoms with van der Waals surface area (Å²) in [6, 6.07) is 0. The first-order valence-corrected chi connectivity index (χ1v) is 4.96. The van der Waals surface area contributed by atoms with Gasteiger partial charge in [0, 0.05) is 0 Å². The van der Waals surface area contributed by atoms with Gasteiger partial charge in [-0.1, -0.05) is 0 Å². The van der Waals surface area contributed by atoms with Crippen molar-refractivity contribution >= 4 is 18.1 Å². The van der Waals surface area contributed by atoms with Crippen molar-refractivity contribution in [1.29, 1.82) is 0 Å². The Labute approximate surface area is 127 Å². The maximum Gasteiger partial charge on any atom is 4.00 e. The third-order valence-electron chi connectivity index (χ3n) is 0. The van der Waals surface area contributed by atoms with Crippen LogP contribution in [-0.4, -0.2) is 22.9 Å². The summed E-state index contributed by atoms with van der Waals surface area (Å²) in [5.41, 5.74) is 0. The second-order valence-electron chi connectivity index (χ2n) is 1.02. The summed E-state index contributed by atoms with van der Waals surface area (Å²) in [5.74, 6) is 0. The molecule has 0 heterocycles. The van der Waals surface area contributed by atoms with Crippen LogP contribution in [-0.2, 0) is 25.8 Å². The second kappa shape index (κ2) is 10.0. The van der Waals surface area contributed by atoms with Gasteiger partial charge in [-0.2, -0.15) is 0 Å². The smallest absolute Gasteiger partial charge is 0.894 e. The van der Waals surface area contributed by atoms with Crippen LogP contribution in [0.15, 0.2) is 0 Å². The summed E-state index contributed by atoms with van der Waals surface area (Å²) in [7, 11) is -11.0. The molecule has 0 aromatic heterocycles. The van der Waals surface area contributed by atoms with E-state index in [1.165, 1.54) is 0 Å². The van der Waals surface area contributed by atoms with E-state index in [1.54, 1.807) is 0 Å². The molecule has 0 saturated heterocycles. The van der Waals surface area contributed by atoms with Gasteiger partial charge in [0.2, 0.25) is 0 Å². The third-order valence-corrected chi connectivity index (χ3v) is 0. The minimum Gasteiger partial charge on any atom is -0.894 e. The zero-order valence-corrected chi connectivity index (χ0v) is 12.4. The minimum absolute atomic E-state index is 0. The van der Waals surface area contributed by atoms with Gasteiger partial charge in [0.15, 0.2) is 0 Å². The Hall–Kier alpha value is 2.50. The van der Waals surface area contributed by atoms with E-state index in [-0.39, 0.29) is 72.8 Å². The molecule has 0 bridgehead atoms. The van der Waals surface area contributed by atoms with Crippen LogP contribution >= 0.6 is 0 Å². The maximum atomic E-state index is 8.69. The van der Waals surface area contributed by atoms with Crippen LogP contribution in [0, 0.1) is 46.9 Å². The fourth-order valence-corrected chi connectivity index (χ4v) is 0. The first-order chi connectivity index (χ1) is 4.00. The van der Waals surface area contributed by atoms with Crippen LogP contribution in [0.1, 0.15) is 0 Å². The normalized spacial score (nSPS) is 10.0. The molecular weight excluding hydrogens is 536 g/mol. The van der Waals surface area contributed by atoms with E-state index in [2.05, 4.69) is 0 Å². The third kappa shape index (κ3) is 264. The molecule has 8 nitrogen and oxygen atoms in total. The van der Waals surface area contributed by atoms with Crippen LogP contribution in [0.5, 0.6) is 0 Å². The van der Waals surface area contributed by atoms with Gasteiger partial charge in [-0.05, 0) is 0 Å². The molecule has 75 valence electrons.